The van der Waals surface area contributed by atoms with Gasteiger partial charge < -0.3 is 10.6 Å². The quantitative estimate of drug-likeness (QED) is 0.408. The van der Waals surface area contributed by atoms with Gasteiger partial charge in [0.2, 0.25) is 5.91 Å². The molecule has 3 N–H and O–H groups in total. The summed E-state index contributed by atoms with van der Waals surface area (Å²) in [6.45, 7) is 5.58. The molecule has 0 aliphatic rings. The van der Waals surface area contributed by atoms with Crippen molar-refractivity contribution in [1.82, 2.24) is 5.43 Å². The van der Waals surface area contributed by atoms with E-state index in [9.17, 15) is 14.4 Å². The molecule has 28 heavy (non-hydrogen) atoms. The molecule has 0 atom stereocenters. The molecule has 0 saturated carbocycles. The maximum atomic E-state index is 12.0. The van der Waals surface area contributed by atoms with Crippen LogP contribution in [-0.2, 0) is 20.8 Å². The highest BCUT2D eigenvalue weighted by Gasteiger charge is 2.13. The van der Waals surface area contributed by atoms with Gasteiger partial charge in [-0.3, -0.25) is 14.4 Å². The summed E-state index contributed by atoms with van der Waals surface area (Å²) in [4.78, 5) is 35.7. The van der Waals surface area contributed by atoms with Gasteiger partial charge in [-0.05, 0) is 50.1 Å². The van der Waals surface area contributed by atoms with Crippen molar-refractivity contribution in [3.8, 4) is 0 Å². The van der Waals surface area contributed by atoms with Crippen molar-refractivity contribution in [2.45, 2.75) is 33.6 Å². The highest BCUT2D eigenvalue weighted by atomic mass is 16.2. The van der Waals surface area contributed by atoms with Crippen molar-refractivity contribution in [2.24, 2.45) is 5.10 Å². The standard InChI is InChI=1S/C21H24N4O3/c1-4-16-7-11-18(12-8-16)23-20(27)21(28)25-24-15(3)13-19(26)22-17-9-5-14(2)6-10-17/h5-12H,4,13H2,1-3H3,(H,22,26)(H,23,27)(H,25,28)/b24-15+. The van der Waals surface area contributed by atoms with Crippen LogP contribution < -0.4 is 16.1 Å². The first-order valence-electron chi connectivity index (χ1n) is 8.97. The van der Waals surface area contributed by atoms with E-state index in [1.807, 2.05) is 38.1 Å². The second kappa shape index (κ2) is 10.0. The smallest absolute Gasteiger partial charge is 0.326 e. The number of amides is 3. The van der Waals surface area contributed by atoms with E-state index in [2.05, 4.69) is 21.2 Å². The van der Waals surface area contributed by atoms with Gasteiger partial charge in [-0.15, -0.1) is 0 Å². The number of nitrogens with one attached hydrogen (secondary N) is 3. The zero-order valence-corrected chi connectivity index (χ0v) is 16.2. The van der Waals surface area contributed by atoms with Gasteiger partial charge in [-0.2, -0.15) is 5.10 Å². The summed E-state index contributed by atoms with van der Waals surface area (Å²) in [6, 6.07) is 14.6. The Balaban J connectivity index is 1.81. The van der Waals surface area contributed by atoms with Gasteiger partial charge in [0.05, 0.1) is 6.42 Å². The Labute approximate surface area is 164 Å². The summed E-state index contributed by atoms with van der Waals surface area (Å²) >= 11 is 0. The molecule has 0 heterocycles. The van der Waals surface area contributed by atoms with Crippen LogP contribution >= 0.6 is 0 Å². The Kier molecular flexibility index (Phi) is 7.45. The van der Waals surface area contributed by atoms with E-state index in [0.717, 1.165) is 17.5 Å². The Hall–Kier alpha value is -3.48. The van der Waals surface area contributed by atoms with Crippen LogP contribution in [0.2, 0.25) is 0 Å². The maximum absolute atomic E-state index is 12.0. The van der Waals surface area contributed by atoms with E-state index in [1.54, 1.807) is 31.2 Å². The third kappa shape index (κ3) is 6.68. The molecular formula is C21H24N4O3. The lowest BCUT2D eigenvalue weighted by Gasteiger charge is -2.07. The fourth-order valence-corrected chi connectivity index (χ4v) is 2.32. The minimum atomic E-state index is -0.905. The summed E-state index contributed by atoms with van der Waals surface area (Å²) in [6.07, 6.45) is 0.883. The lowest BCUT2D eigenvalue weighted by Crippen LogP contribution is -2.33. The molecule has 0 radical (unpaired) electrons. The molecule has 0 bridgehead atoms. The Bertz CT molecular complexity index is 872. The summed E-state index contributed by atoms with van der Waals surface area (Å²) in [5.74, 6) is -2.00. The first-order valence-corrected chi connectivity index (χ1v) is 8.97. The molecule has 7 heteroatoms. The van der Waals surface area contributed by atoms with Crippen LogP contribution in [0.3, 0.4) is 0 Å². The third-order valence-corrected chi connectivity index (χ3v) is 3.93. The molecule has 0 fully saturated rings. The predicted octanol–water partition coefficient (Wildman–Crippen LogP) is 3.02. The molecule has 2 aromatic carbocycles. The van der Waals surface area contributed by atoms with Gasteiger partial charge in [0, 0.05) is 17.1 Å². The molecule has 3 amide bonds. The molecule has 0 unspecified atom stereocenters. The topological polar surface area (TPSA) is 99.7 Å². The largest absolute Gasteiger partial charge is 0.329 e. The number of hydrazone groups is 1. The normalized spacial score (nSPS) is 10.9. The van der Waals surface area contributed by atoms with Crippen LogP contribution in [0.15, 0.2) is 53.6 Å². The van der Waals surface area contributed by atoms with Gasteiger partial charge in [-0.1, -0.05) is 36.8 Å². The number of hydrogen-bond donors (Lipinski definition) is 3. The van der Waals surface area contributed by atoms with Crippen molar-refractivity contribution in [3.05, 3.63) is 59.7 Å². The number of carbonyl (C=O) groups is 3. The van der Waals surface area contributed by atoms with Crippen LogP contribution in [0.1, 0.15) is 31.4 Å². The van der Waals surface area contributed by atoms with Crippen molar-refractivity contribution in [1.29, 1.82) is 0 Å². The van der Waals surface area contributed by atoms with Crippen LogP contribution in [0, 0.1) is 6.92 Å². The van der Waals surface area contributed by atoms with Crippen molar-refractivity contribution >= 4 is 34.8 Å². The minimum Gasteiger partial charge on any atom is -0.326 e. The number of benzene rings is 2. The molecule has 2 rings (SSSR count). The fourth-order valence-electron chi connectivity index (χ4n) is 2.32. The van der Waals surface area contributed by atoms with E-state index < -0.39 is 11.8 Å². The van der Waals surface area contributed by atoms with E-state index in [-0.39, 0.29) is 12.3 Å². The monoisotopic (exact) mass is 380 g/mol. The second-order valence-electron chi connectivity index (χ2n) is 6.38. The number of rotatable bonds is 6. The zero-order valence-electron chi connectivity index (χ0n) is 16.2. The first kappa shape index (κ1) is 20.8. The number of anilines is 2. The van der Waals surface area contributed by atoms with Crippen molar-refractivity contribution < 1.29 is 14.4 Å². The third-order valence-electron chi connectivity index (χ3n) is 3.93. The molecule has 0 spiro atoms. The van der Waals surface area contributed by atoms with Crippen LogP contribution in [0.5, 0.6) is 0 Å². The highest BCUT2D eigenvalue weighted by Crippen LogP contribution is 2.10. The highest BCUT2D eigenvalue weighted by molar-refractivity contribution is 6.39. The van der Waals surface area contributed by atoms with E-state index >= 15 is 0 Å². The maximum Gasteiger partial charge on any atom is 0.329 e. The number of aryl methyl sites for hydroxylation is 2. The molecule has 0 saturated heterocycles. The Morgan fingerprint density at radius 3 is 2.04 bits per heavy atom. The minimum absolute atomic E-state index is 0.00570. The van der Waals surface area contributed by atoms with E-state index in [0.29, 0.717) is 17.1 Å². The summed E-state index contributed by atoms with van der Waals surface area (Å²) in [5.41, 5.74) is 5.96. The van der Waals surface area contributed by atoms with E-state index in [4.69, 9.17) is 0 Å². The second-order valence-corrected chi connectivity index (χ2v) is 6.38. The van der Waals surface area contributed by atoms with Crippen molar-refractivity contribution in [3.63, 3.8) is 0 Å². The number of hydrogen-bond acceptors (Lipinski definition) is 4. The SMILES string of the molecule is CCc1ccc(NC(=O)C(=O)N/N=C(\C)CC(=O)Nc2ccc(C)cc2)cc1. The average Bonchev–Trinajstić information content (AvgIpc) is 2.68. The van der Waals surface area contributed by atoms with Gasteiger partial charge in [0.1, 0.15) is 0 Å². The lowest BCUT2D eigenvalue weighted by molar-refractivity contribution is -0.136. The zero-order chi connectivity index (χ0) is 20.5. The molecule has 0 aromatic heterocycles. The van der Waals surface area contributed by atoms with Gasteiger partial charge >= 0.3 is 11.8 Å². The number of carbonyl (C=O) groups excluding carboxylic acids is 3. The molecule has 146 valence electrons. The summed E-state index contributed by atoms with van der Waals surface area (Å²) in [7, 11) is 0. The van der Waals surface area contributed by atoms with E-state index in [1.165, 1.54) is 0 Å². The Morgan fingerprint density at radius 2 is 1.43 bits per heavy atom. The van der Waals surface area contributed by atoms with Crippen LogP contribution in [-0.4, -0.2) is 23.4 Å². The average molecular weight is 380 g/mol. The van der Waals surface area contributed by atoms with Crippen LogP contribution in [0.4, 0.5) is 11.4 Å². The summed E-state index contributed by atoms with van der Waals surface area (Å²) < 4.78 is 0. The Morgan fingerprint density at radius 1 is 0.857 bits per heavy atom. The molecule has 7 nitrogen and oxygen atoms in total. The first-order chi connectivity index (χ1) is 13.4. The van der Waals surface area contributed by atoms with Gasteiger partial charge in [0.25, 0.3) is 0 Å². The summed E-state index contributed by atoms with van der Waals surface area (Å²) in [5, 5.41) is 9.04. The molecule has 0 aliphatic heterocycles. The van der Waals surface area contributed by atoms with Gasteiger partial charge in [-0.25, -0.2) is 5.43 Å². The lowest BCUT2D eigenvalue weighted by atomic mass is 10.1. The van der Waals surface area contributed by atoms with Crippen molar-refractivity contribution in [2.75, 3.05) is 10.6 Å². The molecular weight excluding hydrogens is 356 g/mol. The van der Waals surface area contributed by atoms with Crippen LogP contribution in [0.25, 0.3) is 0 Å². The molecule has 0 aliphatic carbocycles. The van der Waals surface area contributed by atoms with Gasteiger partial charge in [0.15, 0.2) is 0 Å². The molecule has 2 aromatic rings. The predicted molar refractivity (Wildman–Crippen MR) is 110 cm³/mol. The fraction of sp³-hybridized carbons (Fsp3) is 0.238. The number of nitrogens with zero attached hydrogens (tertiary/aromatic N) is 1.